The quantitative estimate of drug-likeness (QED) is 0.553. The fourth-order valence-electron chi connectivity index (χ4n) is 2.27. The van der Waals surface area contributed by atoms with Crippen LogP contribution in [0.4, 0.5) is 23.2 Å². The number of nitrogens with two attached hydrogens (primary N) is 1. The molecule has 3 aromatic rings. The van der Waals surface area contributed by atoms with E-state index in [4.69, 9.17) is 5.73 Å². The Kier molecular flexibility index (Phi) is 4.23. The molecular weight excluding hydrogens is 344 g/mol. The van der Waals surface area contributed by atoms with Crippen molar-refractivity contribution in [1.82, 2.24) is 4.98 Å². The number of hydrogen-bond donors (Lipinski definition) is 2. The van der Waals surface area contributed by atoms with Gasteiger partial charge in [0.2, 0.25) is 0 Å². The number of aromatic amines is 1. The minimum atomic E-state index is -1.03. The zero-order valence-electron chi connectivity index (χ0n) is 12.0. The third-order valence-electron chi connectivity index (χ3n) is 3.45. The van der Waals surface area contributed by atoms with Crippen LogP contribution in [0.5, 0.6) is 0 Å². The van der Waals surface area contributed by atoms with Gasteiger partial charge in [0.25, 0.3) is 5.56 Å². The molecule has 0 bridgehead atoms. The lowest BCUT2D eigenvalue weighted by Gasteiger charge is -2.09. The molecule has 0 atom stereocenters. The highest BCUT2D eigenvalue weighted by Gasteiger charge is 2.15. The molecule has 8 heteroatoms. The Balaban J connectivity index is 2.04. The molecule has 0 saturated heterocycles. The van der Waals surface area contributed by atoms with Crippen molar-refractivity contribution in [3.05, 3.63) is 69.5 Å². The van der Waals surface area contributed by atoms with Gasteiger partial charge in [0.1, 0.15) is 29.0 Å². The molecule has 1 aromatic heterocycles. The number of nitrogen functional groups attached to an aromatic ring is 1. The number of H-pyrrole nitrogens is 1. The van der Waals surface area contributed by atoms with Gasteiger partial charge in [0.15, 0.2) is 0 Å². The summed E-state index contributed by atoms with van der Waals surface area (Å²) in [6.07, 6.45) is 0. The molecule has 0 aliphatic rings. The fraction of sp³-hybridized carbons (Fsp3) is 0.0625. The van der Waals surface area contributed by atoms with E-state index in [9.17, 15) is 22.4 Å². The third-order valence-corrected chi connectivity index (χ3v) is 4.50. The Morgan fingerprint density at radius 2 is 1.62 bits per heavy atom. The average Bonchev–Trinajstić information content (AvgIpc) is 2.50. The number of aromatic nitrogens is 1. The first kappa shape index (κ1) is 16.4. The van der Waals surface area contributed by atoms with Gasteiger partial charge in [-0.2, -0.15) is 0 Å². The molecule has 24 heavy (non-hydrogen) atoms. The van der Waals surface area contributed by atoms with Crippen LogP contribution >= 0.6 is 11.8 Å². The molecule has 124 valence electrons. The van der Waals surface area contributed by atoms with Crippen LogP contribution in [-0.4, -0.2) is 4.98 Å². The lowest BCUT2D eigenvalue weighted by atomic mass is 10.1. The van der Waals surface area contributed by atoms with Gasteiger partial charge in [0, 0.05) is 34.2 Å². The molecule has 1 heterocycles. The highest BCUT2D eigenvalue weighted by Crippen LogP contribution is 2.31. The lowest BCUT2D eigenvalue weighted by Crippen LogP contribution is -2.13. The van der Waals surface area contributed by atoms with E-state index in [-0.39, 0.29) is 22.0 Å². The van der Waals surface area contributed by atoms with Crippen LogP contribution in [-0.2, 0) is 5.75 Å². The summed E-state index contributed by atoms with van der Waals surface area (Å²) < 4.78 is 53.8. The van der Waals surface area contributed by atoms with Crippen LogP contribution in [0.1, 0.15) is 5.56 Å². The van der Waals surface area contributed by atoms with E-state index < -0.39 is 28.8 Å². The minimum absolute atomic E-state index is 0.0755. The van der Waals surface area contributed by atoms with Crippen LogP contribution < -0.4 is 11.3 Å². The molecule has 0 aliphatic heterocycles. The standard InChI is InChI=1S/C16H10F4N2OS/c17-7-1-2-9-10(3-7)16(22-15(23)14(9)21)24-6-11-12(19)4-8(18)5-13(11)20/h1-5H,6,21H2,(H,22,23). The molecule has 0 aliphatic carbocycles. The van der Waals surface area contributed by atoms with E-state index in [2.05, 4.69) is 4.98 Å². The topological polar surface area (TPSA) is 58.9 Å². The minimum Gasteiger partial charge on any atom is -0.394 e. The van der Waals surface area contributed by atoms with Crippen molar-refractivity contribution in [2.75, 3.05) is 5.73 Å². The number of fused-ring (bicyclic) bond motifs is 1. The molecule has 0 fully saturated rings. The summed E-state index contributed by atoms with van der Waals surface area (Å²) in [5, 5.41) is 0.870. The molecule has 2 aromatic carbocycles. The maximum absolute atomic E-state index is 13.7. The number of pyridine rings is 1. The predicted molar refractivity (Wildman–Crippen MR) is 84.8 cm³/mol. The van der Waals surface area contributed by atoms with Crippen LogP contribution in [0.3, 0.4) is 0 Å². The zero-order chi connectivity index (χ0) is 17.4. The summed E-state index contributed by atoms with van der Waals surface area (Å²) in [7, 11) is 0. The molecule has 0 saturated carbocycles. The van der Waals surface area contributed by atoms with Crippen LogP contribution in [0.25, 0.3) is 10.8 Å². The number of hydrogen-bond acceptors (Lipinski definition) is 3. The normalized spacial score (nSPS) is 11.2. The third kappa shape index (κ3) is 2.96. The van der Waals surface area contributed by atoms with E-state index in [1.807, 2.05) is 0 Å². The Hall–Kier alpha value is -2.48. The molecular formula is C16H10F4N2OS. The Bertz CT molecular complexity index is 980. The molecule has 0 radical (unpaired) electrons. The molecule has 3 nitrogen and oxygen atoms in total. The second-order valence-corrected chi connectivity index (χ2v) is 6.01. The summed E-state index contributed by atoms with van der Waals surface area (Å²) in [6, 6.07) is 4.83. The first-order valence-corrected chi connectivity index (χ1v) is 7.72. The number of nitrogens with one attached hydrogen (secondary N) is 1. The fourth-order valence-corrected chi connectivity index (χ4v) is 3.32. The van der Waals surface area contributed by atoms with Gasteiger partial charge in [-0.25, -0.2) is 17.6 Å². The van der Waals surface area contributed by atoms with Gasteiger partial charge < -0.3 is 10.7 Å². The first-order chi connectivity index (χ1) is 11.4. The first-order valence-electron chi connectivity index (χ1n) is 6.74. The SMILES string of the molecule is Nc1c(=O)[nH]c(SCc2c(F)cc(F)cc2F)c2cc(F)ccc12. The zero-order valence-corrected chi connectivity index (χ0v) is 12.8. The lowest BCUT2D eigenvalue weighted by molar-refractivity contribution is 0.531. The summed E-state index contributed by atoms with van der Waals surface area (Å²) in [5.74, 6) is -3.85. The monoisotopic (exact) mass is 354 g/mol. The Morgan fingerprint density at radius 1 is 0.958 bits per heavy atom. The number of halogens is 4. The van der Waals surface area contributed by atoms with Crippen molar-refractivity contribution < 1.29 is 17.6 Å². The molecule has 0 unspecified atom stereocenters. The molecule has 0 spiro atoms. The molecule has 3 N–H and O–H groups in total. The van der Waals surface area contributed by atoms with Gasteiger partial charge in [-0.05, 0) is 18.2 Å². The summed E-state index contributed by atoms with van der Waals surface area (Å²) in [5.41, 5.74) is 4.67. The van der Waals surface area contributed by atoms with Gasteiger partial charge in [0.05, 0.1) is 5.03 Å². The van der Waals surface area contributed by atoms with Crippen molar-refractivity contribution in [1.29, 1.82) is 0 Å². The number of rotatable bonds is 3. The van der Waals surface area contributed by atoms with E-state index in [1.54, 1.807) is 0 Å². The number of anilines is 1. The largest absolute Gasteiger partial charge is 0.394 e. The van der Waals surface area contributed by atoms with Crippen molar-refractivity contribution in [3.63, 3.8) is 0 Å². The van der Waals surface area contributed by atoms with Crippen LogP contribution in [0, 0.1) is 23.3 Å². The van der Waals surface area contributed by atoms with Gasteiger partial charge in [-0.1, -0.05) is 0 Å². The summed E-state index contributed by atoms with van der Waals surface area (Å²) >= 11 is 0.889. The van der Waals surface area contributed by atoms with E-state index in [0.29, 0.717) is 22.9 Å². The van der Waals surface area contributed by atoms with Gasteiger partial charge in [-0.15, -0.1) is 11.8 Å². The van der Waals surface area contributed by atoms with Gasteiger partial charge in [-0.3, -0.25) is 4.79 Å². The van der Waals surface area contributed by atoms with Crippen LogP contribution in [0.15, 0.2) is 40.2 Å². The Labute approximate surface area is 137 Å². The molecule has 3 rings (SSSR count). The smallest absolute Gasteiger partial charge is 0.272 e. The summed E-state index contributed by atoms with van der Waals surface area (Å²) in [4.78, 5) is 14.3. The Morgan fingerprint density at radius 3 is 2.29 bits per heavy atom. The van der Waals surface area contributed by atoms with E-state index >= 15 is 0 Å². The number of thioether (sulfide) groups is 1. The highest BCUT2D eigenvalue weighted by molar-refractivity contribution is 7.98. The highest BCUT2D eigenvalue weighted by atomic mass is 32.2. The second kappa shape index (κ2) is 6.20. The second-order valence-electron chi connectivity index (χ2n) is 5.02. The van der Waals surface area contributed by atoms with E-state index in [1.165, 1.54) is 12.1 Å². The van der Waals surface area contributed by atoms with E-state index in [0.717, 1.165) is 17.8 Å². The van der Waals surface area contributed by atoms with Crippen molar-refractivity contribution in [3.8, 4) is 0 Å². The maximum Gasteiger partial charge on any atom is 0.272 e. The van der Waals surface area contributed by atoms with Gasteiger partial charge >= 0.3 is 0 Å². The average molecular weight is 354 g/mol. The number of benzene rings is 2. The predicted octanol–water partition coefficient (Wildman–Crippen LogP) is 3.96. The summed E-state index contributed by atoms with van der Waals surface area (Å²) in [6.45, 7) is 0. The van der Waals surface area contributed by atoms with Crippen molar-refractivity contribution in [2.24, 2.45) is 0 Å². The van der Waals surface area contributed by atoms with Crippen LogP contribution in [0.2, 0.25) is 0 Å². The molecule has 0 amide bonds. The maximum atomic E-state index is 13.7. The van der Waals surface area contributed by atoms with Crippen molar-refractivity contribution >= 4 is 28.2 Å². The van der Waals surface area contributed by atoms with Crippen molar-refractivity contribution in [2.45, 2.75) is 10.8 Å².